The lowest BCUT2D eigenvalue weighted by molar-refractivity contribution is -0.271. The molecule has 1 heterocycles. The molecule has 1 aliphatic rings. The van der Waals surface area contributed by atoms with Crippen LogP contribution >= 0.6 is 0 Å². The van der Waals surface area contributed by atoms with Gasteiger partial charge in [0.2, 0.25) is 0 Å². The Morgan fingerprint density at radius 3 is 2.40 bits per heavy atom. The van der Waals surface area contributed by atoms with Crippen LogP contribution < -0.4 is 5.32 Å². The van der Waals surface area contributed by atoms with Crippen molar-refractivity contribution < 1.29 is 23.1 Å². The molecule has 0 saturated carbocycles. The maximum absolute atomic E-state index is 12.8. The van der Waals surface area contributed by atoms with E-state index < -0.39 is 24.6 Å². The van der Waals surface area contributed by atoms with Crippen LogP contribution in [0.5, 0.6) is 0 Å². The predicted octanol–water partition coefficient (Wildman–Crippen LogP) is 3.50. The third-order valence-electron chi connectivity index (χ3n) is 4.70. The Labute approximate surface area is 146 Å². The van der Waals surface area contributed by atoms with Gasteiger partial charge >= 0.3 is 12.2 Å². The maximum atomic E-state index is 12.8. The highest BCUT2D eigenvalue weighted by Gasteiger charge is 2.54. The number of hydrogen-bond acceptors (Lipinski definition) is 2. The molecule has 0 aliphatic carbocycles. The average Bonchev–Trinajstić information content (AvgIpc) is 2.55. The number of likely N-dealkylation sites (tertiary alicyclic amines) is 1. The first kappa shape index (κ1) is 19.6. The van der Waals surface area contributed by atoms with E-state index in [1.807, 2.05) is 37.3 Å². The molecule has 140 valence electrons. The lowest BCUT2D eigenvalue weighted by Gasteiger charge is -2.39. The Bertz CT molecular complexity index is 555. The number of benzene rings is 1. The van der Waals surface area contributed by atoms with E-state index in [-0.39, 0.29) is 25.2 Å². The van der Waals surface area contributed by atoms with Gasteiger partial charge in [-0.05, 0) is 18.4 Å². The number of hydrogen-bond donors (Lipinski definition) is 2. The molecule has 7 heteroatoms. The van der Waals surface area contributed by atoms with Crippen molar-refractivity contribution >= 4 is 6.03 Å². The quantitative estimate of drug-likeness (QED) is 0.846. The Kier molecular flexibility index (Phi) is 6.32. The van der Waals surface area contributed by atoms with Gasteiger partial charge in [-0.3, -0.25) is 0 Å². The van der Waals surface area contributed by atoms with Gasteiger partial charge in [0, 0.05) is 32.0 Å². The number of amides is 2. The molecule has 0 spiro atoms. The summed E-state index contributed by atoms with van der Waals surface area (Å²) < 4.78 is 38.5. The van der Waals surface area contributed by atoms with Crippen molar-refractivity contribution in [3.05, 3.63) is 35.9 Å². The minimum Gasteiger partial charge on any atom is -0.380 e. The highest BCUT2D eigenvalue weighted by Crippen LogP contribution is 2.38. The van der Waals surface area contributed by atoms with Crippen LogP contribution in [0.4, 0.5) is 18.0 Å². The van der Waals surface area contributed by atoms with Crippen LogP contribution in [0.2, 0.25) is 0 Å². The van der Waals surface area contributed by atoms with Crippen LogP contribution in [0.3, 0.4) is 0 Å². The molecule has 1 aromatic rings. The fraction of sp³-hybridized carbons (Fsp3) is 0.611. The molecule has 25 heavy (non-hydrogen) atoms. The van der Waals surface area contributed by atoms with E-state index >= 15 is 0 Å². The van der Waals surface area contributed by atoms with Crippen LogP contribution in [0.25, 0.3) is 0 Å². The molecule has 1 saturated heterocycles. The van der Waals surface area contributed by atoms with E-state index in [9.17, 15) is 23.1 Å². The Balaban J connectivity index is 1.91. The van der Waals surface area contributed by atoms with Crippen LogP contribution in [0.15, 0.2) is 30.3 Å². The minimum absolute atomic E-state index is 0.0664. The maximum Gasteiger partial charge on any atom is 0.417 e. The molecule has 0 radical (unpaired) electrons. The molecule has 2 rings (SSSR count). The van der Waals surface area contributed by atoms with Crippen molar-refractivity contribution in [2.75, 3.05) is 13.1 Å². The van der Waals surface area contributed by atoms with Gasteiger partial charge in [-0.15, -0.1) is 0 Å². The van der Waals surface area contributed by atoms with Crippen molar-refractivity contribution in [1.29, 1.82) is 0 Å². The van der Waals surface area contributed by atoms with E-state index in [1.165, 1.54) is 4.90 Å². The molecule has 0 aromatic heterocycles. The minimum atomic E-state index is -4.66. The summed E-state index contributed by atoms with van der Waals surface area (Å²) in [4.78, 5) is 13.7. The first-order chi connectivity index (χ1) is 11.7. The summed E-state index contributed by atoms with van der Waals surface area (Å²) in [7, 11) is 0. The molecule has 2 amide bonds. The van der Waals surface area contributed by atoms with Gasteiger partial charge in [0.25, 0.3) is 0 Å². The number of piperidine rings is 1. The summed E-state index contributed by atoms with van der Waals surface area (Å²) in [6, 6.07) is 9.33. The molecule has 1 aliphatic heterocycles. The van der Waals surface area contributed by atoms with Gasteiger partial charge in [-0.1, -0.05) is 43.7 Å². The van der Waals surface area contributed by atoms with Crippen molar-refractivity contribution in [1.82, 2.24) is 10.2 Å². The molecule has 4 nitrogen and oxygen atoms in total. The zero-order valence-electron chi connectivity index (χ0n) is 14.4. The summed E-state index contributed by atoms with van der Waals surface area (Å²) in [6.45, 7) is 1.81. The molecule has 2 N–H and O–H groups in total. The zero-order valence-corrected chi connectivity index (χ0v) is 14.4. The number of alkyl halides is 3. The third-order valence-corrected chi connectivity index (χ3v) is 4.70. The number of carbonyl (C=O) groups excluding carboxylic acids is 1. The largest absolute Gasteiger partial charge is 0.417 e. The van der Waals surface area contributed by atoms with E-state index in [2.05, 4.69) is 5.32 Å². The van der Waals surface area contributed by atoms with Gasteiger partial charge < -0.3 is 15.3 Å². The normalized spacial score (nSPS) is 18.7. The van der Waals surface area contributed by atoms with Gasteiger partial charge in [0.1, 0.15) is 0 Å². The van der Waals surface area contributed by atoms with Crippen molar-refractivity contribution in [2.45, 2.75) is 56.8 Å². The Morgan fingerprint density at radius 2 is 1.88 bits per heavy atom. The molecular formula is C18H25F3N2O2. The molecule has 1 fully saturated rings. The number of aliphatic hydroxyl groups is 1. The fourth-order valence-electron chi connectivity index (χ4n) is 3.10. The van der Waals surface area contributed by atoms with Gasteiger partial charge in [0.15, 0.2) is 5.60 Å². The summed E-state index contributed by atoms with van der Waals surface area (Å²) >= 11 is 0. The molecule has 1 atom stereocenters. The average molecular weight is 358 g/mol. The fourth-order valence-corrected chi connectivity index (χ4v) is 3.10. The number of carbonyl (C=O) groups is 1. The lowest BCUT2D eigenvalue weighted by atomic mass is 9.91. The third kappa shape index (κ3) is 5.11. The summed E-state index contributed by atoms with van der Waals surface area (Å²) in [5.41, 5.74) is -1.58. The number of nitrogens with one attached hydrogen (secondary N) is 1. The van der Waals surface area contributed by atoms with E-state index in [1.54, 1.807) is 0 Å². The van der Waals surface area contributed by atoms with Crippen LogP contribution in [-0.2, 0) is 6.42 Å². The number of halogens is 3. The monoisotopic (exact) mass is 358 g/mol. The first-order valence-electron chi connectivity index (χ1n) is 8.63. The molecular weight excluding hydrogens is 333 g/mol. The van der Waals surface area contributed by atoms with Crippen molar-refractivity contribution in [3.8, 4) is 0 Å². The number of nitrogens with zero attached hydrogens (tertiary/aromatic N) is 1. The smallest absolute Gasteiger partial charge is 0.380 e. The SMILES string of the molecule is CCCC(Cc1ccccc1)NC(=O)N1CCC(O)(C(F)(F)F)CC1. The predicted molar refractivity (Wildman–Crippen MR) is 89.2 cm³/mol. The lowest BCUT2D eigenvalue weighted by Crippen LogP contribution is -2.56. The summed E-state index contributed by atoms with van der Waals surface area (Å²) in [5, 5.41) is 12.6. The Hall–Kier alpha value is -1.76. The summed E-state index contributed by atoms with van der Waals surface area (Å²) in [5.74, 6) is 0. The second-order valence-corrected chi connectivity index (χ2v) is 6.64. The van der Waals surface area contributed by atoms with Crippen LogP contribution in [-0.4, -0.2) is 46.9 Å². The van der Waals surface area contributed by atoms with Crippen molar-refractivity contribution in [3.63, 3.8) is 0 Å². The van der Waals surface area contributed by atoms with Crippen LogP contribution in [0, 0.1) is 0 Å². The van der Waals surface area contributed by atoms with Crippen LogP contribution in [0.1, 0.15) is 38.2 Å². The van der Waals surface area contributed by atoms with E-state index in [0.29, 0.717) is 6.42 Å². The van der Waals surface area contributed by atoms with Gasteiger partial charge in [-0.2, -0.15) is 13.2 Å². The van der Waals surface area contributed by atoms with E-state index in [4.69, 9.17) is 0 Å². The molecule has 1 unspecified atom stereocenters. The van der Waals surface area contributed by atoms with Gasteiger partial charge in [-0.25, -0.2) is 4.79 Å². The topological polar surface area (TPSA) is 52.6 Å². The van der Waals surface area contributed by atoms with Crippen molar-refractivity contribution in [2.24, 2.45) is 0 Å². The highest BCUT2D eigenvalue weighted by molar-refractivity contribution is 5.74. The molecule has 1 aromatic carbocycles. The highest BCUT2D eigenvalue weighted by atomic mass is 19.4. The zero-order chi connectivity index (χ0) is 18.5. The number of rotatable bonds is 5. The number of urea groups is 1. The first-order valence-corrected chi connectivity index (χ1v) is 8.63. The van der Waals surface area contributed by atoms with Gasteiger partial charge in [0.05, 0.1) is 0 Å². The second kappa shape index (κ2) is 8.08. The molecule has 0 bridgehead atoms. The van der Waals surface area contributed by atoms with E-state index in [0.717, 1.165) is 18.4 Å². The standard InChI is InChI=1S/C18H25F3N2O2/c1-2-6-15(13-14-7-4-3-5-8-14)22-16(24)23-11-9-17(25,10-12-23)18(19,20)21/h3-5,7-8,15,25H,2,6,9-13H2,1H3,(H,22,24). The second-order valence-electron chi connectivity index (χ2n) is 6.64. The summed E-state index contributed by atoms with van der Waals surface area (Å²) in [6.07, 6.45) is -3.26. The Morgan fingerprint density at radius 1 is 1.28 bits per heavy atom.